The zero-order valence-electron chi connectivity index (χ0n) is 29.6. The van der Waals surface area contributed by atoms with Crippen molar-refractivity contribution in [2.45, 2.75) is 86.0 Å². The molecule has 0 amide bonds. The number of rotatable bonds is 17. The maximum absolute atomic E-state index is 7.06. The fourth-order valence-corrected chi connectivity index (χ4v) is 6.77. The van der Waals surface area contributed by atoms with Crippen LogP contribution in [0.3, 0.4) is 0 Å². The van der Waals surface area contributed by atoms with Crippen LogP contribution in [0.1, 0.15) is 95.8 Å². The Morgan fingerprint density at radius 1 is 0.708 bits per heavy atom. The summed E-state index contributed by atoms with van der Waals surface area (Å²) >= 11 is 0. The summed E-state index contributed by atoms with van der Waals surface area (Å²) in [7, 11) is 0. The number of unbranched alkanes of at least 4 members (excludes halogenated alkanes) is 2. The fourth-order valence-electron chi connectivity index (χ4n) is 6.77. The lowest BCUT2D eigenvalue weighted by Crippen LogP contribution is -2.13. The van der Waals surface area contributed by atoms with E-state index in [4.69, 9.17) is 9.47 Å². The molecule has 2 atom stereocenters. The number of benzene rings is 4. The van der Waals surface area contributed by atoms with Crippen LogP contribution in [-0.2, 0) is 0 Å². The lowest BCUT2D eigenvalue weighted by molar-refractivity contribution is 0.231. The smallest absolute Gasteiger partial charge is 0.137 e. The lowest BCUT2D eigenvalue weighted by atomic mass is 9.97. The minimum atomic E-state index is 0.495. The predicted molar refractivity (Wildman–Crippen MR) is 205 cm³/mol. The second-order valence-corrected chi connectivity index (χ2v) is 13.5. The number of hydrogen-bond acceptors (Lipinski definition) is 2. The third-order valence-electron chi connectivity index (χ3n) is 10.0. The second kappa shape index (κ2) is 15.8. The van der Waals surface area contributed by atoms with Gasteiger partial charge in [0.15, 0.2) is 0 Å². The number of hydrogen-bond donors (Lipinski definition) is 0. The molecule has 0 aliphatic rings. The summed E-state index contributed by atoms with van der Waals surface area (Å²) in [5.41, 5.74) is 6.92. The molecule has 1 aromatic heterocycles. The molecule has 3 nitrogen and oxygen atoms in total. The first-order valence-electron chi connectivity index (χ1n) is 18.3. The Kier molecular flexibility index (Phi) is 11.1. The van der Waals surface area contributed by atoms with Gasteiger partial charge in [0.05, 0.1) is 29.6 Å². The first kappa shape index (κ1) is 33.7. The first-order valence-corrected chi connectivity index (χ1v) is 18.3. The molecular formula is C45H51NO2. The SMILES string of the molecule is CCCCC(CC)COc1c(C=Cc2cc[c]cc2)c2c(OCC(CC)CCCC)[c]c1c1c(c3ccc2cc3)n1-c1ccc(C)cc1. The summed E-state index contributed by atoms with van der Waals surface area (Å²) in [6.45, 7) is 12.6. The summed E-state index contributed by atoms with van der Waals surface area (Å²) in [6, 6.07) is 33.0. The van der Waals surface area contributed by atoms with E-state index in [0.717, 1.165) is 62.8 Å². The van der Waals surface area contributed by atoms with Crippen molar-refractivity contribution in [3.8, 4) is 17.2 Å². The number of ether oxygens (including phenoxy) is 2. The van der Waals surface area contributed by atoms with E-state index in [-0.39, 0.29) is 0 Å². The molecule has 0 aliphatic carbocycles. The molecule has 8 aromatic rings. The van der Waals surface area contributed by atoms with E-state index in [0.29, 0.717) is 25.0 Å². The van der Waals surface area contributed by atoms with Gasteiger partial charge in [-0.3, -0.25) is 0 Å². The van der Waals surface area contributed by atoms with Crippen LogP contribution in [0.4, 0.5) is 0 Å². The molecule has 48 heavy (non-hydrogen) atoms. The molecule has 4 bridgehead atoms. The molecule has 2 unspecified atom stereocenters. The molecule has 0 aliphatic heterocycles. The Labute approximate surface area is 287 Å². The largest absolute Gasteiger partial charge is 0.492 e. The van der Waals surface area contributed by atoms with E-state index in [2.05, 4.69) is 124 Å². The number of aromatic nitrogens is 1. The van der Waals surface area contributed by atoms with Gasteiger partial charge in [-0.15, -0.1) is 0 Å². The normalized spacial score (nSPS) is 13.3. The third-order valence-corrected chi connectivity index (χ3v) is 10.0. The monoisotopic (exact) mass is 637 g/mol. The Morgan fingerprint density at radius 2 is 1.33 bits per heavy atom. The van der Waals surface area contributed by atoms with Crippen molar-refractivity contribution in [3.63, 3.8) is 0 Å². The quantitative estimate of drug-likeness (QED) is 0.0929. The molecule has 2 radical (unpaired) electrons. The molecule has 0 saturated heterocycles. The van der Waals surface area contributed by atoms with E-state index >= 15 is 0 Å². The number of fused-ring (bicyclic) bond motifs is 2. The molecule has 248 valence electrons. The summed E-state index contributed by atoms with van der Waals surface area (Å²) in [5, 5.41) is 4.36. The van der Waals surface area contributed by atoms with Gasteiger partial charge in [0.2, 0.25) is 0 Å². The summed E-state index contributed by atoms with van der Waals surface area (Å²) in [6.07, 6.45) is 13.8. The zero-order valence-corrected chi connectivity index (χ0v) is 29.6. The minimum absolute atomic E-state index is 0.495. The van der Waals surface area contributed by atoms with E-state index < -0.39 is 0 Å². The standard InChI is InChI=1S/C45H51NO2/c1-6-10-15-33(8-3)30-47-41-29-40-44-43(46(44)38-26-19-32(5)20-27-38)37-24-22-36(23-25-37)42(41)39(28-21-35-17-13-12-14-18-35)45(40)48-31-34(9-4)16-11-7-2/h13-14,17-28,33-34H,6-11,15-16,30-31H2,1-5H3. The van der Waals surface area contributed by atoms with Crippen LogP contribution in [-0.4, -0.2) is 17.8 Å². The van der Waals surface area contributed by atoms with Crippen molar-refractivity contribution >= 4 is 44.7 Å². The highest BCUT2D eigenvalue weighted by Crippen LogP contribution is 2.47. The molecular weight excluding hydrogens is 587 g/mol. The van der Waals surface area contributed by atoms with Crippen LogP contribution in [0.2, 0.25) is 0 Å². The number of nitrogens with zero attached hydrogens (tertiary/aromatic N) is 1. The first-order chi connectivity index (χ1) is 23.6. The molecule has 0 spiro atoms. The van der Waals surface area contributed by atoms with Gasteiger partial charge < -0.3 is 14.0 Å². The number of aryl methyl sites for hydroxylation is 1. The Hall–Kier alpha value is -4.24. The van der Waals surface area contributed by atoms with Crippen LogP contribution in [0.5, 0.6) is 11.5 Å². The summed E-state index contributed by atoms with van der Waals surface area (Å²) < 4.78 is 16.3. The van der Waals surface area contributed by atoms with Gasteiger partial charge in [0, 0.05) is 28.1 Å². The van der Waals surface area contributed by atoms with Crippen molar-refractivity contribution in [2.75, 3.05) is 13.2 Å². The molecule has 1 heterocycles. The molecule has 3 heteroatoms. The molecule has 0 N–H and O–H groups in total. The molecule has 0 saturated carbocycles. The van der Waals surface area contributed by atoms with Crippen LogP contribution >= 0.6 is 0 Å². The van der Waals surface area contributed by atoms with Gasteiger partial charge >= 0.3 is 0 Å². The van der Waals surface area contributed by atoms with Crippen molar-refractivity contribution in [3.05, 3.63) is 102 Å². The van der Waals surface area contributed by atoms with Crippen molar-refractivity contribution in [1.29, 1.82) is 0 Å². The van der Waals surface area contributed by atoms with E-state index in [1.165, 1.54) is 55.0 Å². The van der Waals surface area contributed by atoms with Crippen molar-refractivity contribution < 1.29 is 9.47 Å². The minimum Gasteiger partial charge on any atom is -0.492 e. The fraction of sp³-hybridized carbons (Fsp3) is 0.378. The highest BCUT2D eigenvalue weighted by molar-refractivity contribution is 6.17. The maximum atomic E-state index is 7.06. The molecule has 0 fully saturated rings. The van der Waals surface area contributed by atoms with Crippen LogP contribution < -0.4 is 9.47 Å². The molecule has 8 rings (SSSR count). The van der Waals surface area contributed by atoms with Crippen molar-refractivity contribution in [2.24, 2.45) is 11.8 Å². The van der Waals surface area contributed by atoms with Crippen LogP contribution in [0.15, 0.2) is 72.8 Å². The zero-order chi connectivity index (χ0) is 33.5. The van der Waals surface area contributed by atoms with E-state index in [9.17, 15) is 0 Å². The summed E-state index contributed by atoms with van der Waals surface area (Å²) in [5.74, 6) is 2.70. The Balaban J connectivity index is 1.62. The van der Waals surface area contributed by atoms with Gasteiger partial charge in [-0.05, 0) is 66.8 Å². The van der Waals surface area contributed by atoms with Gasteiger partial charge in [0.1, 0.15) is 11.5 Å². The van der Waals surface area contributed by atoms with Gasteiger partial charge in [0.25, 0.3) is 0 Å². The average Bonchev–Trinajstić information content (AvgIpc) is 3.87. The maximum Gasteiger partial charge on any atom is 0.137 e. The van der Waals surface area contributed by atoms with Gasteiger partial charge in [-0.2, -0.15) is 0 Å². The Morgan fingerprint density at radius 3 is 1.96 bits per heavy atom. The summed E-state index contributed by atoms with van der Waals surface area (Å²) in [4.78, 5) is 0. The average molecular weight is 638 g/mol. The lowest BCUT2D eigenvalue weighted by Gasteiger charge is -2.21. The van der Waals surface area contributed by atoms with Gasteiger partial charge in [-0.25, -0.2) is 0 Å². The van der Waals surface area contributed by atoms with Crippen LogP contribution in [0, 0.1) is 30.9 Å². The topological polar surface area (TPSA) is 23.4 Å². The van der Waals surface area contributed by atoms with E-state index in [1.807, 2.05) is 12.1 Å². The predicted octanol–water partition coefficient (Wildman–Crippen LogP) is 12.6. The van der Waals surface area contributed by atoms with Gasteiger partial charge in [-0.1, -0.05) is 139 Å². The third kappa shape index (κ3) is 7.41. The van der Waals surface area contributed by atoms with Crippen LogP contribution in [0.25, 0.3) is 50.4 Å². The highest BCUT2D eigenvalue weighted by Gasteiger charge is 2.26. The molecule has 7 aromatic carbocycles. The van der Waals surface area contributed by atoms with E-state index in [1.54, 1.807) is 0 Å². The van der Waals surface area contributed by atoms with Crippen molar-refractivity contribution in [1.82, 2.24) is 4.57 Å². The second-order valence-electron chi connectivity index (χ2n) is 13.5. The Bertz CT molecular complexity index is 1910. The highest BCUT2D eigenvalue weighted by atomic mass is 16.5.